The van der Waals surface area contributed by atoms with E-state index in [1.54, 1.807) is 0 Å². The van der Waals surface area contributed by atoms with Crippen LogP contribution in [0.4, 0.5) is 0 Å². The van der Waals surface area contributed by atoms with E-state index in [2.05, 4.69) is 19.2 Å². The normalized spacial score (nSPS) is 44.3. The van der Waals surface area contributed by atoms with Crippen molar-refractivity contribution in [1.82, 2.24) is 5.32 Å². The molecule has 0 aromatic heterocycles. The molecule has 3 nitrogen and oxygen atoms in total. The van der Waals surface area contributed by atoms with Gasteiger partial charge in [0.1, 0.15) is 6.23 Å². The molecule has 3 unspecified atom stereocenters. The fraction of sp³-hybridized carbons (Fsp3) is 0.900. The molecule has 2 heterocycles. The highest BCUT2D eigenvalue weighted by atomic mass is 16.5. The highest BCUT2D eigenvalue weighted by Crippen LogP contribution is 2.43. The van der Waals surface area contributed by atoms with Gasteiger partial charge in [-0.05, 0) is 19.3 Å². The topological polar surface area (TPSA) is 38.3 Å². The molecule has 2 rings (SSSR count). The van der Waals surface area contributed by atoms with E-state index < -0.39 is 0 Å². The van der Waals surface area contributed by atoms with Gasteiger partial charge in [0.15, 0.2) is 0 Å². The zero-order chi connectivity index (χ0) is 9.47. The maximum absolute atomic E-state index is 11.7. The quantitative estimate of drug-likeness (QED) is 0.665. The van der Waals surface area contributed by atoms with Gasteiger partial charge in [0, 0.05) is 12.5 Å². The first kappa shape index (κ1) is 9.00. The summed E-state index contributed by atoms with van der Waals surface area (Å²) in [5, 5.41) is 2.94. The number of amides is 1. The Morgan fingerprint density at radius 1 is 1.69 bits per heavy atom. The Labute approximate surface area is 78.8 Å². The van der Waals surface area contributed by atoms with Gasteiger partial charge in [-0.3, -0.25) is 4.79 Å². The Hall–Kier alpha value is -0.570. The molecule has 13 heavy (non-hydrogen) atoms. The van der Waals surface area contributed by atoms with E-state index >= 15 is 0 Å². The Balaban J connectivity index is 2.23. The lowest BCUT2D eigenvalue weighted by atomic mass is 9.74. The summed E-state index contributed by atoms with van der Waals surface area (Å²) < 4.78 is 5.54. The lowest BCUT2D eigenvalue weighted by Gasteiger charge is -2.32. The largest absolute Gasteiger partial charge is 0.358 e. The molecule has 0 aromatic rings. The average molecular weight is 183 g/mol. The second kappa shape index (κ2) is 2.98. The molecule has 0 bridgehead atoms. The molecule has 2 aliphatic heterocycles. The fourth-order valence-electron chi connectivity index (χ4n) is 2.46. The summed E-state index contributed by atoms with van der Waals surface area (Å²) in [6.07, 6.45) is 3.11. The van der Waals surface area contributed by atoms with Crippen LogP contribution in [0.5, 0.6) is 0 Å². The summed E-state index contributed by atoms with van der Waals surface area (Å²) in [7, 11) is 0. The molecule has 1 N–H and O–H groups in total. The van der Waals surface area contributed by atoms with E-state index in [4.69, 9.17) is 4.74 Å². The van der Waals surface area contributed by atoms with E-state index in [0.29, 0.717) is 5.92 Å². The third-order valence-electron chi connectivity index (χ3n) is 3.67. The Morgan fingerprint density at radius 3 is 3.15 bits per heavy atom. The lowest BCUT2D eigenvalue weighted by Crippen LogP contribution is -2.36. The van der Waals surface area contributed by atoms with E-state index in [9.17, 15) is 4.79 Å². The first-order valence-electron chi connectivity index (χ1n) is 5.11. The molecule has 2 aliphatic rings. The van der Waals surface area contributed by atoms with Crippen molar-refractivity contribution in [2.24, 2.45) is 11.3 Å². The first-order valence-corrected chi connectivity index (χ1v) is 5.11. The number of carbonyl (C=O) groups is 1. The fourth-order valence-corrected chi connectivity index (χ4v) is 2.46. The van der Waals surface area contributed by atoms with Gasteiger partial charge in [-0.2, -0.15) is 0 Å². The van der Waals surface area contributed by atoms with Gasteiger partial charge in [-0.25, -0.2) is 0 Å². The lowest BCUT2D eigenvalue weighted by molar-refractivity contribution is -0.128. The monoisotopic (exact) mass is 183 g/mol. The molecule has 3 heteroatoms. The number of hydrogen-bond acceptors (Lipinski definition) is 2. The van der Waals surface area contributed by atoms with Crippen LogP contribution in [0.25, 0.3) is 0 Å². The summed E-state index contributed by atoms with van der Waals surface area (Å²) in [5.41, 5.74) is -0.189. The molecular formula is C10H17NO2. The Morgan fingerprint density at radius 2 is 2.46 bits per heavy atom. The third kappa shape index (κ3) is 1.17. The van der Waals surface area contributed by atoms with Crippen LogP contribution in [0.3, 0.4) is 0 Å². The predicted octanol–water partition coefficient (Wildman–Crippen LogP) is 1.29. The van der Waals surface area contributed by atoms with Gasteiger partial charge >= 0.3 is 0 Å². The van der Waals surface area contributed by atoms with Crippen LogP contribution in [0.2, 0.25) is 0 Å². The van der Waals surface area contributed by atoms with Crippen molar-refractivity contribution >= 4 is 5.91 Å². The van der Waals surface area contributed by atoms with Crippen LogP contribution < -0.4 is 5.32 Å². The molecule has 1 amide bonds. The van der Waals surface area contributed by atoms with E-state index in [-0.39, 0.29) is 17.6 Å². The second-order valence-corrected chi connectivity index (χ2v) is 4.28. The second-order valence-electron chi connectivity index (χ2n) is 4.28. The summed E-state index contributed by atoms with van der Waals surface area (Å²) >= 11 is 0. The van der Waals surface area contributed by atoms with Crippen molar-refractivity contribution < 1.29 is 9.53 Å². The smallest absolute Gasteiger partial charge is 0.228 e. The number of nitrogens with one attached hydrogen (secondary N) is 1. The number of fused-ring (bicyclic) bond motifs is 1. The Kier molecular flexibility index (Phi) is 2.06. The molecule has 0 aliphatic carbocycles. The minimum absolute atomic E-state index is 0.00815. The van der Waals surface area contributed by atoms with Crippen molar-refractivity contribution in [3.63, 3.8) is 0 Å². The van der Waals surface area contributed by atoms with Crippen molar-refractivity contribution in [2.45, 2.75) is 39.3 Å². The van der Waals surface area contributed by atoms with Crippen LogP contribution >= 0.6 is 0 Å². The average Bonchev–Trinajstić information content (AvgIpc) is 2.41. The zero-order valence-corrected chi connectivity index (χ0v) is 8.30. The molecule has 2 fully saturated rings. The maximum Gasteiger partial charge on any atom is 0.228 e. The van der Waals surface area contributed by atoms with Gasteiger partial charge in [0.05, 0.1) is 5.41 Å². The van der Waals surface area contributed by atoms with E-state index in [0.717, 1.165) is 25.9 Å². The number of rotatable bonds is 1. The maximum atomic E-state index is 11.7. The number of ether oxygens (including phenoxy) is 1. The van der Waals surface area contributed by atoms with Gasteiger partial charge < -0.3 is 10.1 Å². The SMILES string of the molecule is CCC1(C)C(=O)NC2OCCCC21. The summed E-state index contributed by atoms with van der Waals surface area (Å²) in [6.45, 7) is 4.93. The highest BCUT2D eigenvalue weighted by Gasteiger charge is 2.51. The van der Waals surface area contributed by atoms with Crippen LogP contribution in [0.15, 0.2) is 0 Å². The third-order valence-corrected chi connectivity index (χ3v) is 3.67. The molecule has 3 atom stereocenters. The molecule has 0 saturated carbocycles. The van der Waals surface area contributed by atoms with Crippen molar-refractivity contribution in [3.05, 3.63) is 0 Å². The minimum atomic E-state index is -0.189. The summed E-state index contributed by atoms with van der Waals surface area (Å²) in [5.74, 6) is 0.561. The van der Waals surface area contributed by atoms with Gasteiger partial charge in [-0.15, -0.1) is 0 Å². The Bertz CT molecular complexity index is 229. The first-order chi connectivity index (χ1) is 6.18. The highest BCUT2D eigenvalue weighted by molar-refractivity contribution is 5.85. The van der Waals surface area contributed by atoms with Gasteiger partial charge in [0.25, 0.3) is 0 Å². The van der Waals surface area contributed by atoms with Crippen molar-refractivity contribution in [3.8, 4) is 0 Å². The molecule has 0 spiro atoms. The molecule has 2 saturated heterocycles. The van der Waals surface area contributed by atoms with Crippen LogP contribution in [-0.2, 0) is 9.53 Å². The summed E-state index contributed by atoms with van der Waals surface area (Å²) in [6, 6.07) is 0. The zero-order valence-electron chi connectivity index (χ0n) is 8.30. The molecule has 0 aromatic carbocycles. The predicted molar refractivity (Wildman–Crippen MR) is 49.0 cm³/mol. The van der Waals surface area contributed by atoms with Crippen LogP contribution in [0, 0.1) is 11.3 Å². The molecule has 0 radical (unpaired) electrons. The van der Waals surface area contributed by atoms with Gasteiger partial charge in [0.2, 0.25) is 5.91 Å². The number of hydrogen-bond donors (Lipinski definition) is 1. The van der Waals surface area contributed by atoms with Crippen molar-refractivity contribution in [1.29, 1.82) is 0 Å². The van der Waals surface area contributed by atoms with Crippen LogP contribution in [-0.4, -0.2) is 18.7 Å². The molecule has 74 valence electrons. The number of carbonyl (C=O) groups excluding carboxylic acids is 1. The van der Waals surface area contributed by atoms with Crippen molar-refractivity contribution in [2.75, 3.05) is 6.61 Å². The van der Waals surface area contributed by atoms with Crippen LogP contribution in [0.1, 0.15) is 33.1 Å². The standard InChI is InChI=1S/C10H17NO2/c1-3-10(2)7-5-4-6-13-8(7)11-9(10)12/h7-8H,3-6H2,1-2H3,(H,11,12). The van der Waals surface area contributed by atoms with Gasteiger partial charge in [-0.1, -0.05) is 13.8 Å². The van der Waals surface area contributed by atoms with E-state index in [1.807, 2.05) is 0 Å². The minimum Gasteiger partial charge on any atom is -0.358 e. The summed E-state index contributed by atoms with van der Waals surface area (Å²) in [4.78, 5) is 11.7. The van der Waals surface area contributed by atoms with E-state index in [1.165, 1.54) is 0 Å². The molecular weight excluding hydrogens is 166 g/mol.